The van der Waals surface area contributed by atoms with Crippen molar-refractivity contribution in [2.24, 2.45) is 0 Å². The van der Waals surface area contributed by atoms with Gasteiger partial charge in [-0.15, -0.1) is 5.10 Å². The molecule has 0 saturated heterocycles. The van der Waals surface area contributed by atoms with Gasteiger partial charge in [0.15, 0.2) is 5.82 Å². The van der Waals surface area contributed by atoms with E-state index in [1.807, 2.05) is 38.8 Å². The lowest BCUT2D eigenvalue weighted by atomic mass is 10.1. The molecular formula is C14H16N4O. The second-order valence-electron chi connectivity index (χ2n) is 4.58. The third-order valence-electron chi connectivity index (χ3n) is 3.28. The SMILES string of the molecule is Cc1nnc(N(C)Cc2ccoc2C)c(C#N)c1C. The molecule has 0 radical (unpaired) electrons. The van der Waals surface area contributed by atoms with E-state index in [2.05, 4.69) is 16.3 Å². The second kappa shape index (κ2) is 5.11. The van der Waals surface area contributed by atoms with Gasteiger partial charge in [0.25, 0.3) is 0 Å². The van der Waals surface area contributed by atoms with Crippen molar-refractivity contribution in [3.8, 4) is 6.07 Å². The zero-order chi connectivity index (χ0) is 14.0. The lowest BCUT2D eigenvalue weighted by molar-refractivity contribution is 0.529. The van der Waals surface area contributed by atoms with E-state index in [1.54, 1.807) is 6.26 Å². The summed E-state index contributed by atoms with van der Waals surface area (Å²) in [6, 6.07) is 4.14. The highest BCUT2D eigenvalue weighted by Crippen LogP contribution is 2.22. The lowest BCUT2D eigenvalue weighted by Crippen LogP contribution is -2.20. The van der Waals surface area contributed by atoms with Gasteiger partial charge in [-0.25, -0.2) is 0 Å². The van der Waals surface area contributed by atoms with Crippen LogP contribution in [0.1, 0.15) is 28.1 Å². The Morgan fingerprint density at radius 1 is 1.32 bits per heavy atom. The van der Waals surface area contributed by atoms with Crippen LogP contribution in [0.4, 0.5) is 5.82 Å². The molecule has 2 rings (SSSR count). The predicted octanol–water partition coefficient (Wildman–Crippen LogP) is 2.50. The van der Waals surface area contributed by atoms with Gasteiger partial charge < -0.3 is 9.32 Å². The minimum absolute atomic E-state index is 0.580. The number of nitrogens with zero attached hydrogens (tertiary/aromatic N) is 4. The first-order chi connectivity index (χ1) is 9.04. The summed E-state index contributed by atoms with van der Waals surface area (Å²) in [7, 11) is 1.89. The quantitative estimate of drug-likeness (QED) is 0.844. The summed E-state index contributed by atoms with van der Waals surface area (Å²) < 4.78 is 5.27. The zero-order valence-corrected chi connectivity index (χ0v) is 11.6. The summed E-state index contributed by atoms with van der Waals surface area (Å²) in [6.45, 7) is 6.30. The number of aryl methyl sites for hydroxylation is 2. The number of hydrogen-bond acceptors (Lipinski definition) is 5. The number of anilines is 1. The molecule has 2 aromatic rings. The van der Waals surface area contributed by atoms with E-state index in [1.165, 1.54) is 0 Å². The van der Waals surface area contributed by atoms with Gasteiger partial charge in [0.2, 0.25) is 0 Å². The van der Waals surface area contributed by atoms with Crippen molar-refractivity contribution in [3.05, 3.63) is 40.5 Å². The van der Waals surface area contributed by atoms with E-state index < -0.39 is 0 Å². The molecule has 98 valence electrons. The highest BCUT2D eigenvalue weighted by molar-refractivity contribution is 5.57. The molecule has 0 unspecified atom stereocenters. The fourth-order valence-corrected chi connectivity index (χ4v) is 1.90. The molecule has 0 aliphatic carbocycles. The monoisotopic (exact) mass is 256 g/mol. The molecule has 5 nitrogen and oxygen atoms in total. The normalized spacial score (nSPS) is 10.3. The number of nitriles is 1. The van der Waals surface area contributed by atoms with Crippen molar-refractivity contribution >= 4 is 5.82 Å². The first-order valence-electron chi connectivity index (χ1n) is 6.02. The number of rotatable bonds is 3. The highest BCUT2D eigenvalue weighted by Gasteiger charge is 2.15. The van der Waals surface area contributed by atoms with Crippen molar-refractivity contribution in [1.29, 1.82) is 5.26 Å². The van der Waals surface area contributed by atoms with Crippen LogP contribution >= 0.6 is 0 Å². The number of aromatic nitrogens is 2. The Kier molecular flexibility index (Phi) is 3.52. The molecule has 0 saturated carbocycles. The fourth-order valence-electron chi connectivity index (χ4n) is 1.90. The molecule has 2 aromatic heterocycles. The van der Waals surface area contributed by atoms with Crippen molar-refractivity contribution in [2.75, 3.05) is 11.9 Å². The van der Waals surface area contributed by atoms with Crippen LogP contribution in [0.25, 0.3) is 0 Å². The average molecular weight is 256 g/mol. The van der Waals surface area contributed by atoms with E-state index >= 15 is 0 Å². The molecule has 0 bridgehead atoms. The Labute approximate surface area is 112 Å². The molecule has 19 heavy (non-hydrogen) atoms. The van der Waals surface area contributed by atoms with Crippen LogP contribution in [-0.2, 0) is 6.54 Å². The molecule has 0 aliphatic heterocycles. The topological polar surface area (TPSA) is 66.0 Å². The molecule has 0 N–H and O–H groups in total. The van der Waals surface area contributed by atoms with Crippen LogP contribution in [0, 0.1) is 32.1 Å². The van der Waals surface area contributed by atoms with Crippen LogP contribution < -0.4 is 4.90 Å². The molecule has 5 heteroatoms. The van der Waals surface area contributed by atoms with E-state index in [0.29, 0.717) is 17.9 Å². The third kappa shape index (κ3) is 2.43. The van der Waals surface area contributed by atoms with Crippen LogP contribution in [0.2, 0.25) is 0 Å². The maximum Gasteiger partial charge on any atom is 0.169 e. The zero-order valence-electron chi connectivity index (χ0n) is 11.6. The minimum atomic E-state index is 0.580. The van der Waals surface area contributed by atoms with Gasteiger partial charge in [0, 0.05) is 19.2 Å². The predicted molar refractivity (Wildman–Crippen MR) is 71.8 cm³/mol. The highest BCUT2D eigenvalue weighted by atomic mass is 16.3. The summed E-state index contributed by atoms with van der Waals surface area (Å²) in [5.74, 6) is 1.48. The average Bonchev–Trinajstić information content (AvgIpc) is 2.78. The summed E-state index contributed by atoms with van der Waals surface area (Å²) in [5, 5.41) is 17.5. The minimum Gasteiger partial charge on any atom is -0.469 e. The van der Waals surface area contributed by atoms with Crippen LogP contribution in [0.3, 0.4) is 0 Å². The van der Waals surface area contributed by atoms with E-state index in [9.17, 15) is 5.26 Å². The maximum absolute atomic E-state index is 9.29. The van der Waals surface area contributed by atoms with Crippen LogP contribution in [-0.4, -0.2) is 17.2 Å². The van der Waals surface area contributed by atoms with Crippen molar-refractivity contribution in [2.45, 2.75) is 27.3 Å². The Morgan fingerprint density at radius 3 is 2.63 bits per heavy atom. The fraction of sp³-hybridized carbons (Fsp3) is 0.357. The van der Waals surface area contributed by atoms with Crippen LogP contribution in [0.15, 0.2) is 16.7 Å². The smallest absolute Gasteiger partial charge is 0.169 e. The van der Waals surface area contributed by atoms with E-state index in [0.717, 1.165) is 22.6 Å². The molecule has 0 spiro atoms. The molecule has 0 aromatic carbocycles. The molecule has 0 atom stereocenters. The van der Waals surface area contributed by atoms with Gasteiger partial charge in [-0.05, 0) is 32.4 Å². The third-order valence-corrected chi connectivity index (χ3v) is 3.28. The van der Waals surface area contributed by atoms with Crippen LogP contribution in [0.5, 0.6) is 0 Å². The summed E-state index contributed by atoms with van der Waals surface area (Å²) in [4.78, 5) is 1.91. The Morgan fingerprint density at radius 2 is 2.05 bits per heavy atom. The Hall–Kier alpha value is -2.35. The van der Waals surface area contributed by atoms with Gasteiger partial charge in [-0.3, -0.25) is 0 Å². The first kappa shape index (κ1) is 13.1. The standard InChI is InChI=1S/C14H16N4O/c1-9-10(2)16-17-14(13(9)7-15)18(4)8-12-5-6-19-11(12)3/h5-6H,8H2,1-4H3. The molecule has 0 amide bonds. The van der Waals surface area contributed by atoms with Crippen molar-refractivity contribution < 1.29 is 4.42 Å². The summed E-state index contributed by atoms with van der Waals surface area (Å²) in [6.07, 6.45) is 1.66. The molecule has 2 heterocycles. The van der Waals surface area contributed by atoms with Crippen molar-refractivity contribution in [3.63, 3.8) is 0 Å². The maximum atomic E-state index is 9.29. The molecule has 0 fully saturated rings. The van der Waals surface area contributed by atoms with Gasteiger partial charge in [0.05, 0.1) is 12.0 Å². The Balaban J connectivity index is 2.35. The number of hydrogen-bond donors (Lipinski definition) is 0. The van der Waals surface area contributed by atoms with E-state index in [4.69, 9.17) is 4.42 Å². The number of furan rings is 1. The summed E-state index contributed by atoms with van der Waals surface area (Å²) in [5.41, 5.74) is 3.32. The summed E-state index contributed by atoms with van der Waals surface area (Å²) >= 11 is 0. The second-order valence-corrected chi connectivity index (χ2v) is 4.58. The largest absolute Gasteiger partial charge is 0.469 e. The molecular weight excluding hydrogens is 240 g/mol. The Bertz CT molecular complexity index is 639. The first-order valence-corrected chi connectivity index (χ1v) is 6.02. The van der Waals surface area contributed by atoms with Gasteiger partial charge in [0.1, 0.15) is 17.4 Å². The van der Waals surface area contributed by atoms with Gasteiger partial charge in [-0.1, -0.05) is 0 Å². The van der Waals surface area contributed by atoms with Crippen molar-refractivity contribution in [1.82, 2.24) is 10.2 Å². The van der Waals surface area contributed by atoms with Gasteiger partial charge >= 0.3 is 0 Å². The lowest BCUT2D eigenvalue weighted by Gasteiger charge is -2.19. The van der Waals surface area contributed by atoms with E-state index in [-0.39, 0.29) is 0 Å². The molecule has 0 aliphatic rings. The van der Waals surface area contributed by atoms with Gasteiger partial charge in [-0.2, -0.15) is 10.4 Å².